The van der Waals surface area contributed by atoms with E-state index in [4.69, 9.17) is 5.26 Å². The monoisotopic (exact) mass is 661 g/mol. The highest BCUT2D eigenvalue weighted by molar-refractivity contribution is 9.10. The van der Waals surface area contributed by atoms with Crippen molar-refractivity contribution in [3.05, 3.63) is 57.6 Å². The lowest BCUT2D eigenvalue weighted by atomic mass is 9.92. The molecule has 236 valence electrons. The summed E-state index contributed by atoms with van der Waals surface area (Å²) in [7, 11) is -1.84. The van der Waals surface area contributed by atoms with Crippen molar-refractivity contribution < 1.29 is 0 Å². The molecule has 0 bridgehead atoms. The fourth-order valence-corrected chi connectivity index (χ4v) is 11.4. The molecule has 43 heavy (non-hydrogen) atoms. The van der Waals surface area contributed by atoms with Crippen molar-refractivity contribution in [2.75, 3.05) is 0 Å². The molecule has 0 aliphatic heterocycles. The van der Waals surface area contributed by atoms with Gasteiger partial charge in [-0.05, 0) is 95.7 Å². The molecule has 2 aromatic rings. The number of hydrogen-bond acceptors (Lipinski definition) is 1. The maximum Gasteiger partial charge on any atom is 0.143 e. The first-order chi connectivity index (χ1) is 20.8. The van der Waals surface area contributed by atoms with Crippen molar-refractivity contribution >= 4 is 24.0 Å². The quantitative estimate of drug-likeness (QED) is 0.0786. The van der Waals surface area contributed by atoms with Gasteiger partial charge in [0.25, 0.3) is 0 Å². The highest BCUT2D eigenvalue weighted by atomic mass is 79.9. The number of aryl methyl sites for hydroxylation is 2. The van der Waals surface area contributed by atoms with Gasteiger partial charge >= 0.3 is 0 Å². The van der Waals surface area contributed by atoms with Gasteiger partial charge < -0.3 is 0 Å². The smallest absolute Gasteiger partial charge is 0.143 e. The summed E-state index contributed by atoms with van der Waals surface area (Å²) in [5, 5.41) is 9.12. The molecule has 2 rings (SSSR count). The van der Waals surface area contributed by atoms with Crippen LogP contribution in [-0.2, 0) is 12.8 Å². The predicted octanol–water partition coefficient (Wildman–Crippen LogP) is 13.4. The largest absolute Gasteiger partial charge is 0.198 e. The zero-order chi connectivity index (χ0) is 31.5. The summed E-state index contributed by atoms with van der Waals surface area (Å²) in [5.41, 5.74) is 11.8. The van der Waals surface area contributed by atoms with Crippen LogP contribution < -0.4 is 0 Å². The van der Waals surface area contributed by atoms with E-state index in [0.717, 1.165) is 30.9 Å². The van der Waals surface area contributed by atoms with E-state index in [1.54, 1.807) is 0 Å². The van der Waals surface area contributed by atoms with Crippen LogP contribution in [0.2, 0.25) is 17.1 Å². The van der Waals surface area contributed by atoms with E-state index in [2.05, 4.69) is 111 Å². The molecule has 0 saturated heterocycles. The minimum Gasteiger partial charge on any atom is -0.198 e. The third-order valence-corrected chi connectivity index (χ3v) is 16.1. The number of nitrogens with zero attached hydrogens (tertiary/aromatic N) is 1. The normalized spacial score (nSPS) is 11.5. The molecule has 0 unspecified atom stereocenters. The number of hydrogen-bond donors (Lipinski definition) is 0. The molecular formula is C40H60BrNSi. The standard InChI is InChI=1S/C40H60BrNSi/c1-7-9-11-13-15-17-21-37-32-40(41)38(22-18-16-14-12-10-8-2)31-39(37)36-25-23-35(24-26-36)27-30-43(33(3)4,34(5)6)29-20-19-28-42/h23-26,31-34H,7-22,29H2,1-6H3. The van der Waals surface area contributed by atoms with Crippen LogP contribution in [-0.4, -0.2) is 8.07 Å². The molecule has 0 radical (unpaired) electrons. The van der Waals surface area contributed by atoms with Gasteiger partial charge in [-0.25, -0.2) is 0 Å². The molecule has 0 amide bonds. The minimum absolute atomic E-state index is 0.579. The maximum absolute atomic E-state index is 9.12. The second-order valence-electron chi connectivity index (χ2n) is 13.3. The molecule has 0 aromatic heterocycles. The molecule has 0 aliphatic carbocycles. The van der Waals surface area contributed by atoms with Gasteiger partial charge in [-0.1, -0.05) is 140 Å². The summed E-state index contributed by atoms with van der Waals surface area (Å²) in [4.78, 5) is 0. The third-order valence-electron chi connectivity index (χ3n) is 9.45. The fourth-order valence-electron chi connectivity index (χ4n) is 6.49. The molecule has 0 spiro atoms. The lowest BCUT2D eigenvalue weighted by Crippen LogP contribution is -2.40. The summed E-state index contributed by atoms with van der Waals surface area (Å²) in [6.45, 7) is 14.0. The third kappa shape index (κ3) is 12.6. The Kier molecular flexibility index (Phi) is 18.3. The van der Waals surface area contributed by atoms with Gasteiger partial charge in [0.15, 0.2) is 0 Å². The Morgan fingerprint density at radius 1 is 0.698 bits per heavy atom. The van der Waals surface area contributed by atoms with Crippen LogP contribution in [0.25, 0.3) is 11.1 Å². The number of unbranched alkanes of at least 4 members (excludes halogenated alkanes) is 11. The minimum atomic E-state index is -1.84. The second kappa shape index (κ2) is 21.0. The van der Waals surface area contributed by atoms with Crippen LogP contribution in [0.3, 0.4) is 0 Å². The second-order valence-corrected chi connectivity index (χ2v) is 19.3. The Morgan fingerprint density at radius 2 is 1.23 bits per heavy atom. The van der Waals surface area contributed by atoms with Gasteiger partial charge in [0, 0.05) is 16.5 Å². The summed E-state index contributed by atoms with van der Waals surface area (Å²) >= 11 is 3.96. The van der Waals surface area contributed by atoms with Gasteiger partial charge in [-0.2, -0.15) is 5.26 Å². The molecular weight excluding hydrogens is 602 g/mol. The fraction of sp³-hybridized carbons (Fsp3) is 0.625. The first kappa shape index (κ1) is 37.4. The molecule has 0 aliphatic rings. The molecule has 0 N–H and O–H groups in total. The van der Waals surface area contributed by atoms with Crippen LogP contribution >= 0.6 is 15.9 Å². The lowest BCUT2D eigenvalue weighted by molar-refractivity contribution is 0.605. The van der Waals surface area contributed by atoms with Crippen molar-refractivity contribution in [3.8, 4) is 28.7 Å². The van der Waals surface area contributed by atoms with Crippen LogP contribution in [0.4, 0.5) is 0 Å². The first-order valence-corrected chi connectivity index (χ1v) is 20.8. The number of nitriles is 1. The molecule has 0 saturated carbocycles. The number of benzene rings is 2. The first-order valence-electron chi connectivity index (χ1n) is 17.6. The van der Waals surface area contributed by atoms with Gasteiger partial charge in [0.05, 0.1) is 6.07 Å². The molecule has 3 heteroatoms. The Bertz CT molecular complexity index is 1150. The van der Waals surface area contributed by atoms with E-state index < -0.39 is 8.07 Å². The van der Waals surface area contributed by atoms with Crippen LogP contribution in [0.15, 0.2) is 40.9 Å². The highest BCUT2D eigenvalue weighted by Crippen LogP contribution is 2.37. The van der Waals surface area contributed by atoms with E-state index >= 15 is 0 Å². The molecule has 0 atom stereocenters. The summed E-state index contributed by atoms with van der Waals surface area (Å²) in [6.07, 6.45) is 19.8. The average Bonchev–Trinajstić information content (AvgIpc) is 2.99. The molecule has 0 fully saturated rings. The summed E-state index contributed by atoms with van der Waals surface area (Å²) in [5.74, 6) is 3.62. The molecule has 0 heterocycles. The molecule has 1 nitrogen and oxygen atoms in total. The van der Waals surface area contributed by atoms with Gasteiger partial charge in [-0.3, -0.25) is 0 Å². The van der Waals surface area contributed by atoms with Gasteiger partial charge in [-0.15, -0.1) is 5.54 Å². The summed E-state index contributed by atoms with van der Waals surface area (Å²) < 4.78 is 1.29. The van der Waals surface area contributed by atoms with E-state index in [-0.39, 0.29) is 0 Å². The number of rotatable bonds is 20. The average molecular weight is 663 g/mol. The molecule has 2 aromatic carbocycles. The Morgan fingerprint density at radius 3 is 1.77 bits per heavy atom. The van der Waals surface area contributed by atoms with Crippen LogP contribution in [0.1, 0.15) is 148 Å². The Hall–Kier alpha value is -1.81. The Labute approximate surface area is 275 Å². The van der Waals surface area contributed by atoms with Gasteiger partial charge in [0.1, 0.15) is 8.07 Å². The van der Waals surface area contributed by atoms with Crippen LogP contribution in [0.5, 0.6) is 0 Å². The van der Waals surface area contributed by atoms with E-state index in [0.29, 0.717) is 17.5 Å². The maximum atomic E-state index is 9.12. The lowest BCUT2D eigenvalue weighted by Gasteiger charge is -2.34. The number of halogens is 1. The zero-order valence-corrected chi connectivity index (χ0v) is 31.1. The van der Waals surface area contributed by atoms with Gasteiger partial charge in [0.2, 0.25) is 0 Å². The topological polar surface area (TPSA) is 23.8 Å². The van der Waals surface area contributed by atoms with Crippen molar-refractivity contribution in [3.63, 3.8) is 0 Å². The van der Waals surface area contributed by atoms with E-state index in [9.17, 15) is 0 Å². The highest BCUT2D eigenvalue weighted by Gasteiger charge is 2.38. The van der Waals surface area contributed by atoms with Crippen molar-refractivity contribution in [2.45, 2.75) is 161 Å². The van der Waals surface area contributed by atoms with Crippen molar-refractivity contribution in [2.24, 2.45) is 0 Å². The van der Waals surface area contributed by atoms with E-state index in [1.807, 2.05) is 0 Å². The predicted molar refractivity (Wildman–Crippen MR) is 196 cm³/mol. The van der Waals surface area contributed by atoms with Crippen molar-refractivity contribution in [1.82, 2.24) is 0 Å². The zero-order valence-electron chi connectivity index (χ0n) is 28.5. The van der Waals surface area contributed by atoms with Crippen LogP contribution in [0, 0.1) is 22.8 Å². The van der Waals surface area contributed by atoms with Crippen molar-refractivity contribution in [1.29, 1.82) is 5.26 Å². The summed E-state index contributed by atoms with van der Waals surface area (Å²) in [6, 6.07) is 17.4. The Balaban J connectivity index is 2.31. The van der Waals surface area contributed by atoms with E-state index in [1.165, 1.54) is 104 Å². The SMILES string of the molecule is CCCCCCCCc1cc(-c2ccc(C#C[Si](CCCC#N)(C(C)C)C(C)C)cc2)c(CCCCCCCC)cc1Br.